The number of hydrogen-bond donors (Lipinski definition) is 0. The van der Waals surface area contributed by atoms with Crippen molar-refractivity contribution in [2.75, 3.05) is 7.11 Å². The van der Waals surface area contributed by atoms with Gasteiger partial charge < -0.3 is 17.1 Å². The zero-order chi connectivity index (χ0) is 7.40. The first-order valence-corrected chi connectivity index (χ1v) is 3.38. The van der Waals surface area contributed by atoms with Gasteiger partial charge in [-0.3, -0.25) is 0 Å². The van der Waals surface area contributed by atoms with E-state index in [0.717, 1.165) is 11.3 Å². The topological polar surface area (TPSA) is 9.23 Å². The number of hydrogen-bond acceptors (Lipinski definition) is 1. The van der Waals surface area contributed by atoms with Crippen LogP contribution in [0.2, 0.25) is 0 Å². The molecule has 1 aromatic carbocycles. The minimum atomic E-state index is 0. The van der Waals surface area contributed by atoms with Gasteiger partial charge in [0.1, 0.15) is 0 Å². The van der Waals surface area contributed by atoms with Gasteiger partial charge in [0.05, 0.1) is 12.9 Å². The van der Waals surface area contributed by atoms with E-state index in [-0.39, 0.29) is 35.5 Å². The molecule has 0 radical (unpaired) electrons. The van der Waals surface area contributed by atoms with Gasteiger partial charge >= 0.3 is 23.1 Å². The molecule has 0 heterocycles. The predicted molar refractivity (Wildman–Crippen MR) is 48.0 cm³/mol. The van der Waals surface area contributed by atoms with Crippen LogP contribution in [0.3, 0.4) is 0 Å². The smallest absolute Gasteiger partial charge is 1.00 e. The van der Waals surface area contributed by atoms with Crippen LogP contribution in [0.1, 0.15) is 5.56 Å². The van der Waals surface area contributed by atoms with E-state index in [4.69, 9.17) is 16.3 Å². The first-order chi connectivity index (χ1) is 4.86. The molecular formula is C8H8Cl2MgO. The molecule has 0 spiro atoms. The van der Waals surface area contributed by atoms with Crippen molar-refractivity contribution >= 4 is 34.7 Å². The summed E-state index contributed by atoms with van der Waals surface area (Å²) in [7, 11) is 1.64. The van der Waals surface area contributed by atoms with Crippen LogP contribution in [-0.2, 0) is 0 Å². The normalized spacial score (nSPS) is 7.50. The summed E-state index contributed by atoms with van der Waals surface area (Å²) in [4.78, 5) is 0. The fourth-order valence-corrected chi connectivity index (χ4v) is 0.822. The number of ether oxygens (including phenoxy) is 1. The Morgan fingerprint density at radius 1 is 1.25 bits per heavy atom. The van der Waals surface area contributed by atoms with E-state index in [9.17, 15) is 0 Å². The number of rotatable bonds is 2. The fraction of sp³-hybridized carbons (Fsp3) is 0.125. The Morgan fingerprint density at radius 3 is 2.08 bits per heavy atom. The van der Waals surface area contributed by atoms with E-state index in [1.165, 1.54) is 5.88 Å². The third kappa shape index (κ3) is 4.31. The summed E-state index contributed by atoms with van der Waals surface area (Å²) in [6.07, 6.45) is 0. The van der Waals surface area contributed by atoms with E-state index in [0.29, 0.717) is 0 Å². The molecule has 0 bridgehead atoms. The molecule has 0 atom stereocenters. The SMILES string of the molecule is COc1ccc([CH-]Cl)cc1.[Cl-].[Mg+2]. The van der Waals surface area contributed by atoms with Gasteiger partial charge in [-0.05, 0) is 0 Å². The first-order valence-electron chi connectivity index (χ1n) is 2.94. The summed E-state index contributed by atoms with van der Waals surface area (Å²) >= 11 is 5.46. The molecular weight excluding hydrogens is 207 g/mol. The molecule has 62 valence electrons. The van der Waals surface area contributed by atoms with Crippen molar-refractivity contribution in [3.8, 4) is 5.75 Å². The third-order valence-corrected chi connectivity index (χ3v) is 1.49. The molecule has 0 amide bonds. The molecule has 0 aromatic heterocycles. The van der Waals surface area contributed by atoms with E-state index < -0.39 is 0 Å². The van der Waals surface area contributed by atoms with Crippen molar-refractivity contribution in [3.63, 3.8) is 0 Å². The summed E-state index contributed by atoms with van der Waals surface area (Å²) in [5, 5.41) is 0. The largest absolute Gasteiger partial charge is 2.00 e. The van der Waals surface area contributed by atoms with E-state index >= 15 is 0 Å². The van der Waals surface area contributed by atoms with Crippen molar-refractivity contribution in [3.05, 3.63) is 35.7 Å². The Balaban J connectivity index is 0. The molecule has 0 aliphatic rings. The monoisotopic (exact) mass is 214 g/mol. The zero-order valence-electron chi connectivity index (χ0n) is 6.76. The van der Waals surface area contributed by atoms with Crippen LogP contribution >= 0.6 is 11.6 Å². The van der Waals surface area contributed by atoms with Crippen LogP contribution in [0.15, 0.2) is 24.3 Å². The van der Waals surface area contributed by atoms with Crippen molar-refractivity contribution < 1.29 is 17.1 Å². The summed E-state index contributed by atoms with van der Waals surface area (Å²) in [5.74, 6) is 2.38. The molecule has 0 saturated carbocycles. The molecule has 0 N–H and O–H groups in total. The Morgan fingerprint density at radius 2 is 1.75 bits per heavy atom. The molecule has 0 saturated heterocycles. The van der Waals surface area contributed by atoms with Gasteiger partial charge in [0.2, 0.25) is 0 Å². The minimum Gasteiger partial charge on any atom is -1.00 e. The maximum atomic E-state index is 5.46. The van der Waals surface area contributed by atoms with Crippen LogP contribution in [0.25, 0.3) is 0 Å². The Kier molecular flexibility index (Phi) is 9.66. The van der Waals surface area contributed by atoms with Crippen LogP contribution in [0.5, 0.6) is 5.75 Å². The summed E-state index contributed by atoms with van der Waals surface area (Å²) in [5.41, 5.74) is 0.988. The number of benzene rings is 1. The Hall–Kier alpha value is 0.236. The zero-order valence-corrected chi connectivity index (χ0v) is 9.68. The Labute approximate surface area is 100 Å². The van der Waals surface area contributed by atoms with Crippen LogP contribution in [0, 0.1) is 5.88 Å². The number of methoxy groups -OCH3 is 1. The maximum absolute atomic E-state index is 5.46. The molecule has 12 heavy (non-hydrogen) atoms. The summed E-state index contributed by atoms with van der Waals surface area (Å²) < 4.78 is 4.96. The van der Waals surface area contributed by atoms with E-state index in [1.54, 1.807) is 7.11 Å². The minimum absolute atomic E-state index is 0. The number of halogens is 2. The van der Waals surface area contributed by atoms with Crippen LogP contribution < -0.4 is 17.1 Å². The van der Waals surface area contributed by atoms with Gasteiger partial charge in [-0.25, -0.2) is 0 Å². The molecule has 0 fully saturated rings. The Bertz CT molecular complexity index is 178. The van der Waals surface area contributed by atoms with Crippen LogP contribution in [-0.4, -0.2) is 30.2 Å². The van der Waals surface area contributed by atoms with Gasteiger partial charge in [0.25, 0.3) is 0 Å². The fourth-order valence-electron chi connectivity index (χ4n) is 0.677. The van der Waals surface area contributed by atoms with Crippen molar-refractivity contribution in [2.24, 2.45) is 0 Å². The van der Waals surface area contributed by atoms with E-state index in [2.05, 4.69) is 0 Å². The molecule has 1 rings (SSSR count). The van der Waals surface area contributed by atoms with Crippen molar-refractivity contribution in [1.82, 2.24) is 0 Å². The van der Waals surface area contributed by atoms with Gasteiger partial charge in [-0.2, -0.15) is 29.3 Å². The molecule has 4 heteroatoms. The molecule has 0 unspecified atom stereocenters. The average molecular weight is 215 g/mol. The van der Waals surface area contributed by atoms with Gasteiger partial charge in [-0.15, -0.1) is 0 Å². The van der Waals surface area contributed by atoms with Crippen molar-refractivity contribution in [2.45, 2.75) is 0 Å². The second-order valence-corrected chi connectivity index (χ2v) is 2.10. The molecule has 0 aliphatic carbocycles. The second-order valence-electron chi connectivity index (χ2n) is 1.88. The first kappa shape index (κ1) is 14.7. The standard InChI is InChI=1S/C8H8ClO.ClH.Mg/c1-10-8-4-2-7(6-9)3-5-8;;/h2-6H,1H3;1H;/q-1;;+2/p-1. The average Bonchev–Trinajstić information content (AvgIpc) is 2.05. The maximum Gasteiger partial charge on any atom is 2.00 e. The van der Waals surface area contributed by atoms with Gasteiger partial charge in [0.15, 0.2) is 0 Å². The third-order valence-electron chi connectivity index (χ3n) is 1.24. The van der Waals surface area contributed by atoms with Gasteiger partial charge in [0, 0.05) is 0 Å². The quantitative estimate of drug-likeness (QED) is 0.457. The summed E-state index contributed by atoms with van der Waals surface area (Å²) in [6, 6.07) is 7.53. The summed E-state index contributed by atoms with van der Waals surface area (Å²) in [6.45, 7) is 0. The molecule has 1 nitrogen and oxygen atoms in total. The predicted octanol–water partition coefficient (Wildman–Crippen LogP) is -0.933. The van der Waals surface area contributed by atoms with Crippen LogP contribution in [0.4, 0.5) is 0 Å². The van der Waals surface area contributed by atoms with E-state index in [1.807, 2.05) is 24.3 Å². The second kappa shape index (κ2) is 7.86. The van der Waals surface area contributed by atoms with Gasteiger partial charge in [-0.1, -0.05) is 18.0 Å². The molecule has 1 aromatic rings. The van der Waals surface area contributed by atoms with Crippen molar-refractivity contribution in [1.29, 1.82) is 0 Å². The molecule has 0 aliphatic heterocycles.